The van der Waals surface area contributed by atoms with Crippen LogP contribution >= 0.6 is 23.2 Å². The second-order valence-corrected chi connectivity index (χ2v) is 10.2. The van der Waals surface area contributed by atoms with Crippen LogP contribution in [0.25, 0.3) is 0 Å². The minimum absolute atomic E-state index is 0.247. The van der Waals surface area contributed by atoms with Gasteiger partial charge in [0, 0.05) is 44.5 Å². The molecule has 1 aliphatic heterocycles. The van der Waals surface area contributed by atoms with Gasteiger partial charge in [0.05, 0.1) is 10.7 Å². The smallest absolute Gasteiger partial charge is 0.407 e. The summed E-state index contributed by atoms with van der Waals surface area (Å²) in [5.41, 5.74) is 0.535. The maximum atomic E-state index is 11.9. The van der Waals surface area contributed by atoms with E-state index in [9.17, 15) is 4.79 Å². The first-order valence-corrected chi connectivity index (χ1v) is 11.7. The van der Waals surface area contributed by atoms with Crippen molar-refractivity contribution in [2.24, 2.45) is 5.92 Å². The average Bonchev–Trinajstić information content (AvgIpc) is 2.68. The molecule has 0 aromatic carbocycles. The molecule has 1 saturated carbocycles. The second-order valence-electron chi connectivity index (χ2n) is 9.44. The molecule has 1 aliphatic carbocycles. The van der Waals surface area contributed by atoms with Gasteiger partial charge in [0.15, 0.2) is 0 Å². The first-order valence-electron chi connectivity index (χ1n) is 11.0. The first-order chi connectivity index (χ1) is 14.2. The summed E-state index contributed by atoms with van der Waals surface area (Å²) in [4.78, 5) is 20.8. The Labute approximate surface area is 190 Å². The molecule has 1 aromatic heterocycles. The monoisotopic (exact) mass is 456 g/mol. The summed E-state index contributed by atoms with van der Waals surface area (Å²) in [5, 5.41) is 4.17. The highest BCUT2D eigenvalue weighted by molar-refractivity contribution is 6.34. The van der Waals surface area contributed by atoms with Crippen LogP contribution in [0, 0.1) is 5.92 Å². The van der Waals surface area contributed by atoms with Gasteiger partial charge in [0.1, 0.15) is 10.8 Å². The van der Waals surface area contributed by atoms with Crippen LogP contribution in [0.5, 0.6) is 0 Å². The van der Waals surface area contributed by atoms with E-state index in [2.05, 4.69) is 20.1 Å². The number of aromatic nitrogens is 1. The number of pyridine rings is 1. The van der Waals surface area contributed by atoms with Crippen LogP contribution in [0.1, 0.15) is 52.9 Å². The number of ether oxygens (including phenoxy) is 1. The number of hydrogen-bond donors (Lipinski definition) is 1. The SMILES string of the molecule is CC(C)(C)OC(=O)NC1CCC(CCN2CCN(c3cc(Cl)ncc3Cl)CC2)CC1. The number of anilines is 1. The lowest BCUT2D eigenvalue weighted by atomic mass is 9.84. The Morgan fingerprint density at radius 3 is 2.47 bits per heavy atom. The molecule has 1 N–H and O–H groups in total. The number of hydrogen-bond acceptors (Lipinski definition) is 5. The first kappa shape index (κ1) is 23.4. The number of piperazine rings is 1. The van der Waals surface area contributed by atoms with E-state index in [1.54, 1.807) is 6.20 Å². The zero-order chi connectivity index (χ0) is 21.7. The van der Waals surface area contributed by atoms with E-state index in [-0.39, 0.29) is 12.1 Å². The van der Waals surface area contributed by atoms with Crippen molar-refractivity contribution in [2.45, 2.75) is 64.5 Å². The molecule has 2 aliphatic rings. The topological polar surface area (TPSA) is 57.7 Å². The summed E-state index contributed by atoms with van der Waals surface area (Å²) in [6.07, 6.45) is 6.98. The van der Waals surface area contributed by atoms with Crippen molar-refractivity contribution in [2.75, 3.05) is 37.6 Å². The van der Waals surface area contributed by atoms with E-state index in [1.165, 1.54) is 19.3 Å². The Hall–Kier alpha value is -1.24. The highest BCUT2D eigenvalue weighted by atomic mass is 35.5. The molecule has 1 saturated heterocycles. The molecule has 0 atom stereocenters. The molecule has 0 radical (unpaired) electrons. The minimum atomic E-state index is -0.444. The Morgan fingerprint density at radius 2 is 1.83 bits per heavy atom. The van der Waals surface area contributed by atoms with Crippen LogP contribution in [-0.4, -0.2) is 60.3 Å². The van der Waals surface area contributed by atoms with Gasteiger partial charge in [0.25, 0.3) is 0 Å². The summed E-state index contributed by atoms with van der Waals surface area (Å²) in [6.45, 7) is 10.8. The van der Waals surface area contributed by atoms with Gasteiger partial charge in [-0.3, -0.25) is 4.90 Å². The highest BCUT2D eigenvalue weighted by Crippen LogP contribution is 2.29. The Balaban J connectivity index is 1.34. The fourth-order valence-corrected chi connectivity index (χ4v) is 4.67. The molecular weight excluding hydrogens is 423 g/mol. The number of nitrogens with one attached hydrogen (secondary N) is 1. The molecule has 8 heteroatoms. The molecule has 0 unspecified atom stereocenters. The van der Waals surface area contributed by atoms with Crippen molar-refractivity contribution >= 4 is 35.0 Å². The lowest BCUT2D eigenvalue weighted by Crippen LogP contribution is -2.47. The number of carbonyl (C=O) groups excluding carboxylic acids is 1. The van der Waals surface area contributed by atoms with Crippen LogP contribution in [0.15, 0.2) is 12.3 Å². The Bertz CT molecular complexity index is 710. The van der Waals surface area contributed by atoms with Crippen LogP contribution in [-0.2, 0) is 4.74 Å². The Kier molecular flexibility index (Phi) is 8.11. The molecule has 1 amide bonds. The standard InChI is InChI=1S/C22H34Cl2N4O2/c1-22(2,3)30-21(29)26-17-6-4-16(5-7-17)8-9-27-10-12-28(13-11-27)19-14-20(24)25-15-18(19)23/h14-17H,4-13H2,1-3H3,(H,26,29). The van der Waals surface area contributed by atoms with Gasteiger partial charge < -0.3 is 15.0 Å². The fourth-order valence-electron chi connectivity index (χ4n) is 4.29. The lowest BCUT2D eigenvalue weighted by Gasteiger charge is -2.37. The van der Waals surface area contributed by atoms with Crippen molar-refractivity contribution in [3.05, 3.63) is 22.4 Å². The molecule has 0 bridgehead atoms. The molecule has 2 fully saturated rings. The van der Waals surface area contributed by atoms with Crippen molar-refractivity contribution in [3.63, 3.8) is 0 Å². The fraction of sp³-hybridized carbons (Fsp3) is 0.727. The number of alkyl carbamates (subject to hydrolysis) is 1. The summed E-state index contributed by atoms with van der Waals surface area (Å²) in [5.74, 6) is 0.744. The quantitative estimate of drug-likeness (QED) is 0.632. The predicted octanol–water partition coefficient (Wildman–Crippen LogP) is 4.98. The third-order valence-electron chi connectivity index (χ3n) is 5.94. The molecule has 30 heavy (non-hydrogen) atoms. The van der Waals surface area contributed by atoms with Crippen LogP contribution in [0.3, 0.4) is 0 Å². The maximum absolute atomic E-state index is 11.9. The van der Waals surface area contributed by atoms with Crippen LogP contribution in [0.4, 0.5) is 10.5 Å². The van der Waals surface area contributed by atoms with Gasteiger partial charge in [-0.2, -0.15) is 0 Å². The summed E-state index contributed by atoms with van der Waals surface area (Å²) < 4.78 is 5.37. The number of amides is 1. The largest absolute Gasteiger partial charge is 0.444 e. The normalized spacial score (nSPS) is 23.3. The average molecular weight is 457 g/mol. The molecule has 0 spiro atoms. The number of halogens is 2. The van der Waals surface area contributed by atoms with Gasteiger partial charge in [-0.05, 0) is 65.3 Å². The van der Waals surface area contributed by atoms with Gasteiger partial charge in [-0.25, -0.2) is 9.78 Å². The van der Waals surface area contributed by atoms with Gasteiger partial charge >= 0.3 is 6.09 Å². The van der Waals surface area contributed by atoms with Crippen molar-refractivity contribution in [1.82, 2.24) is 15.2 Å². The number of rotatable bonds is 5. The van der Waals surface area contributed by atoms with E-state index >= 15 is 0 Å². The van der Waals surface area contributed by atoms with Gasteiger partial charge in [-0.15, -0.1) is 0 Å². The summed E-state index contributed by atoms with van der Waals surface area (Å²) >= 11 is 12.3. The Morgan fingerprint density at radius 1 is 1.17 bits per heavy atom. The van der Waals surface area contributed by atoms with E-state index in [0.29, 0.717) is 10.2 Å². The third kappa shape index (κ3) is 7.17. The summed E-state index contributed by atoms with van der Waals surface area (Å²) in [6, 6.07) is 2.10. The zero-order valence-electron chi connectivity index (χ0n) is 18.3. The van der Waals surface area contributed by atoms with E-state index in [0.717, 1.165) is 57.2 Å². The van der Waals surface area contributed by atoms with Crippen molar-refractivity contribution in [3.8, 4) is 0 Å². The van der Waals surface area contributed by atoms with E-state index in [4.69, 9.17) is 27.9 Å². The lowest BCUT2D eigenvalue weighted by molar-refractivity contribution is 0.0486. The zero-order valence-corrected chi connectivity index (χ0v) is 19.8. The predicted molar refractivity (Wildman–Crippen MR) is 123 cm³/mol. The molecule has 3 rings (SSSR count). The molecule has 6 nitrogen and oxygen atoms in total. The van der Waals surface area contributed by atoms with E-state index < -0.39 is 5.60 Å². The van der Waals surface area contributed by atoms with Crippen LogP contribution < -0.4 is 10.2 Å². The van der Waals surface area contributed by atoms with Crippen LogP contribution in [0.2, 0.25) is 10.2 Å². The van der Waals surface area contributed by atoms with Crippen molar-refractivity contribution in [1.29, 1.82) is 0 Å². The van der Waals surface area contributed by atoms with E-state index in [1.807, 2.05) is 26.8 Å². The number of nitrogens with zero attached hydrogens (tertiary/aromatic N) is 3. The minimum Gasteiger partial charge on any atom is -0.444 e. The molecule has 168 valence electrons. The number of carbonyl (C=O) groups is 1. The van der Waals surface area contributed by atoms with Gasteiger partial charge in [0.2, 0.25) is 0 Å². The highest BCUT2D eigenvalue weighted by Gasteiger charge is 2.26. The molecule has 2 heterocycles. The second kappa shape index (κ2) is 10.4. The summed E-state index contributed by atoms with van der Waals surface area (Å²) in [7, 11) is 0. The molecular formula is C22H34Cl2N4O2. The van der Waals surface area contributed by atoms with Crippen molar-refractivity contribution < 1.29 is 9.53 Å². The maximum Gasteiger partial charge on any atom is 0.407 e. The third-order valence-corrected chi connectivity index (χ3v) is 6.43. The van der Waals surface area contributed by atoms with Gasteiger partial charge in [-0.1, -0.05) is 23.2 Å². The molecule has 1 aromatic rings.